The maximum atomic E-state index is 10.8. The number of hydrogen-bond acceptors (Lipinski definition) is 4. The van der Waals surface area contributed by atoms with Gasteiger partial charge in [-0.25, -0.2) is 9.78 Å². The maximum absolute atomic E-state index is 10.8. The van der Waals surface area contributed by atoms with Gasteiger partial charge in [-0.05, 0) is 25.0 Å². The molecule has 5 nitrogen and oxygen atoms in total. The summed E-state index contributed by atoms with van der Waals surface area (Å²) >= 11 is 0. The number of nitrogens with zero attached hydrogens (tertiary/aromatic N) is 2. The fourth-order valence-corrected chi connectivity index (χ4v) is 1.85. The molecule has 0 saturated carbocycles. The minimum atomic E-state index is -0.919. The van der Waals surface area contributed by atoms with E-state index >= 15 is 0 Å². The Morgan fingerprint density at radius 2 is 2.19 bits per heavy atom. The Balaban J connectivity index is 2.14. The molecule has 1 saturated heterocycles. The van der Waals surface area contributed by atoms with Gasteiger partial charge >= 0.3 is 5.97 Å². The lowest BCUT2D eigenvalue weighted by Gasteiger charge is -2.31. The van der Waals surface area contributed by atoms with Gasteiger partial charge in [-0.2, -0.15) is 0 Å². The first-order chi connectivity index (χ1) is 7.66. The molecule has 1 aromatic rings. The smallest absolute Gasteiger partial charge is 0.335 e. The highest BCUT2D eigenvalue weighted by Crippen LogP contribution is 2.17. The first kappa shape index (κ1) is 10.9. The van der Waals surface area contributed by atoms with Crippen LogP contribution in [0.3, 0.4) is 0 Å². The largest absolute Gasteiger partial charge is 0.478 e. The van der Waals surface area contributed by atoms with Crippen molar-refractivity contribution in [2.45, 2.75) is 18.9 Å². The molecule has 5 heteroatoms. The fraction of sp³-hybridized carbons (Fsp3) is 0.455. The number of carbonyl (C=O) groups is 1. The third-order valence-corrected chi connectivity index (χ3v) is 2.86. The number of rotatable bonds is 2. The zero-order valence-corrected chi connectivity index (χ0v) is 8.97. The van der Waals surface area contributed by atoms with Crippen molar-refractivity contribution in [1.29, 1.82) is 0 Å². The second-order valence-corrected chi connectivity index (χ2v) is 4.03. The number of hydrogen-bond donors (Lipinski definition) is 2. The number of nitrogens with two attached hydrogens (primary N) is 1. The molecule has 1 aliphatic heterocycles. The van der Waals surface area contributed by atoms with E-state index in [1.165, 1.54) is 12.3 Å². The first-order valence-electron chi connectivity index (χ1n) is 5.36. The highest BCUT2D eigenvalue weighted by molar-refractivity contribution is 5.88. The van der Waals surface area contributed by atoms with Crippen molar-refractivity contribution in [2.75, 3.05) is 18.0 Å². The number of carboxylic acid groups (broad SMARTS) is 1. The Morgan fingerprint density at radius 3 is 2.81 bits per heavy atom. The molecular formula is C11H15N3O2. The summed E-state index contributed by atoms with van der Waals surface area (Å²) in [5.41, 5.74) is 6.09. The van der Waals surface area contributed by atoms with Crippen molar-refractivity contribution in [2.24, 2.45) is 5.73 Å². The van der Waals surface area contributed by atoms with Gasteiger partial charge in [0.2, 0.25) is 0 Å². The number of anilines is 1. The Kier molecular flexibility index (Phi) is 3.05. The summed E-state index contributed by atoms with van der Waals surface area (Å²) < 4.78 is 0. The van der Waals surface area contributed by atoms with Crippen molar-refractivity contribution in [1.82, 2.24) is 4.98 Å². The van der Waals surface area contributed by atoms with Crippen LogP contribution in [0.15, 0.2) is 18.3 Å². The van der Waals surface area contributed by atoms with Crippen LogP contribution in [0.1, 0.15) is 23.2 Å². The molecular weight excluding hydrogens is 206 g/mol. The second-order valence-electron chi connectivity index (χ2n) is 4.03. The molecule has 0 aliphatic carbocycles. The van der Waals surface area contributed by atoms with Gasteiger partial charge in [-0.3, -0.25) is 0 Å². The van der Waals surface area contributed by atoms with E-state index < -0.39 is 5.97 Å². The molecule has 0 atom stereocenters. The van der Waals surface area contributed by atoms with Gasteiger partial charge in [0, 0.05) is 25.3 Å². The average Bonchev–Trinajstić information content (AvgIpc) is 2.30. The fourth-order valence-electron chi connectivity index (χ4n) is 1.85. The van der Waals surface area contributed by atoms with E-state index in [4.69, 9.17) is 10.8 Å². The standard InChI is InChI=1S/C11H15N3O2/c12-9-2-5-14(6-3-9)10-7-8(11(15)16)1-4-13-10/h1,4,7,9H,2-3,5-6,12H2,(H,15,16). The Labute approximate surface area is 93.9 Å². The molecule has 0 bridgehead atoms. The first-order valence-corrected chi connectivity index (χ1v) is 5.36. The van der Waals surface area contributed by atoms with E-state index in [-0.39, 0.29) is 11.6 Å². The molecule has 2 rings (SSSR count). The SMILES string of the molecule is NC1CCN(c2cc(C(=O)O)ccn2)CC1. The van der Waals surface area contributed by atoms with Crippen LogP contribution < -0.4 is 10.6 Å². The van der Waals surface area contributed by atoms with Gasteiger partial charge in [-0.1, -0.05) is 0 Å². The normalized spacial score (nSPS) is 17.4. The van der Waals surface area contributed by atoms with Crippen LogP contribution in [0.4, 0.5) is 5.82 Å². The van der Waals surface area contributed by atoms with Crippen LogP contribution in [0.2, 0.25) is 0 Å². The summed E-state index contributed by atoms with van der Waals surface area (Å²) in [4.78, 5) is 17.1. The predicted octanol–water partition coefficient (Wildman–Crippen LogP) is 0.707. The van der Waals surface area contributed by atoms with E-state index in [0.717, 1.165) is 31.7 Å². The van der Waals surface area contributed by atoms with Crippen molar-refractivity contribution < 1.29 is 9.90 Å². The number of aromatic carboxylic acids is 1. The van der Waals surface area contributed by atoms with E-state index in [9.17, 15) is 4.79 Å². The number of carboxylic acids is 1. The summed E-state index contributed by atoms with van der Waals surface area (Å²) in [6.45, 7) is 1.69. The van der Waals surface area contributed by atoms with Gasteiger partial charge in [0.25, 0.3) is 0 Å². The number of pyridine rings is 1. The molecule has 2 heterocycles. The Morgan fingerprint density at radius 1 is 1.50 bits per heavy atom. The number of piperidine rings is 1. The number of aromatic nitrogens is 1. The van der Waals surface area contributed by atoms with Crippen molar-refractivity contribution in [3.05, 3.63) is 23.9 Å². The van der Waals surface area contributed by atoms with Crippen molar-refractivity contribution in [3.63, 3.8) is 0 Å². The second kappa shape index (κ2) is 4.49. The monoisotopic (exact) mass is 221 g/mol. The zero-order chi connectivity index (χ0) is 11.5. The van der Waals surface area contributed by atoms with Crippen LogP contribution in [-0.4, -0.2) is 35.2 Å². The summed E-state index contributed by atoms with van der Waals surface area (Å²) in [5, 5.41) is 8.88. The third-order valence-electron chi connectivity index (χ3n) is 2.86. The van der Waals surface area contributed by atoms with Crippen LogP contribution >= 0.6 is 0 Å². The van der Waals surface area contributed by atoms with Gasteiger partial charge in [0.05, 0.1) is 5.56 Å². The summed E-state index contributed by atoms with van der Waals surface area (Å²) in [7, 11) is 0. The molecule has 16 heavy (non-hydrogen) atoms. The lowest BCUT2D eigenvalue weighted by atomic mass is 10.1. The maximum Gasteiger partial charge on any atom is 0.335 e. The van der Waals surface area contributed by atoms with Crippen LogP contribution in [-0.2, 0) is 0 Å². The van der Waals surface area contributed by atoms with E-state index in [2.05, 4.69) is 9.88 Å². The van der Waals surface area contributed by atoms with Gasteiger partial charge in [0.1, 0.15) is 5.82 Å². The van der Waals surface area contributed by atoms with Crippen LogP contribution in [0.5, 0.6) is 0 Å². The molecule has 1 fully saturated rings. The summed E-state index contributed by atoms with van der Waals surface area (Å²) in [6.07, 6.45) is 3.39. The molecule has 0 spiro atoms. The lowest BCUT2D eigenvalue weighted by Crippen LogP contribution is -2.40. The van der Waals surface area contributed by atoms with Gasteiger partial charge < -0.3 is 15.7 Å². The molecule has 0 radical (unpaired) electrons. The minimum Gasteiger partial charge on any atom is -0.478 e. The van der Waals surface area contributed by atoms with Crippen LogP contribution in [0, 0.1) is 0 Å². The Bertz CT molecular complexity index is 387. The minimum absolute atomic E-state index is 0.263. The molecule has 0 unspecified atom stereocenters. The zero-order valence-electron chi connectivity index (χ0n) is 8.97. The molecule has 0 aromatic carbocycles. The Hall–Kier alpha value is -1.62. The third kappa shape index (κ3) is 2.30. The summed E-state index contributed by atoms with van der Waals surface area (Å²) in [6, 6.07) is 3.37. The van der Waals surface area contributed by atoms with Gasteiger partial charge in [0.15, 0.2) is 0 Å². The molecule has 1 aromatic heterocycles. The van der Waals surface area contributed by atoms with Crippen molar-refractivity contribution >= 4 is 11.8 Å². The van der Waals surface area contributed by atoms with Crippen LogP contribution in [0.25, 0.3) is 0 Å². The van der Waals surface area contributed by atoms with E-state index in [1.807, 2.05) is 0 Å². The lowest BCUT2D eigenvalue weighted by molar-refractivity contribution is 0.0697. The van der Waals surface area contributed by atoms with E-state index in [0.29, 0.717) is 0 Å². The predicted molar refractivity (Wildman–Crippen MR) is 60.6 cm³/mol. The topological polar surface area (TPSA) is 79.5 Å². The highest BCUT2D eigenvalue weighted by Gasteiger charge is 2.17. The molecule has 3 N–H and O–H groups in total. The molecule has 1 aliphatic rings. The van der Waals surface area contributed by atoms with Gasteiger partial charge in [-0.15, -0.1) is 0 Å². The summed E-state index contributed by atoms with van der Waals surface area (Å²) in [5.74, 6) is -0.191. The van der Waals surface area contributed by atoms with Crippen molar-refractivity contribution in [3.8, 4) is 0 Å². The quantitative estimate of drug-likeness (QED) is 0.768. The average molecular weight is 221 g/mol. The molecule has 86 valence electrons. The molecule has 0 amide bonds. The highest BCUT2D eigenvalue weighted by atomic mass is 16.4. The van der Waals surface area contributed by atoms with E-state index in [1.54, 1.807) is 6.07 Å².